The summed E-state index contributed by atoms with van der Waals surface area (Å²) < 4.78 is 37.5. The van der Waals surface area contributed by atoms with E-state index in [1.165, 1.54) is 14.2 Å². The molecule has 0 aliphatic heterocycles. The zero-order valence-corrected chi connectivity index (χ0v) is 18.8. The van der Waals surface area contributed by atoms with Gasteiger partial charge in [-0.05, 0) is 57.9 Å². The van der Waals surface area contributed by atoms with E-state index in [9.17, 15) is 18.0 Å². The minimum atomic E-state index is -3.86. The molecule has 0 saturated carbocycles. The Balaban J connectivity index is 3.04. The van der Waals surface area contributed by atoms with Crippen molar-refractivity contribution in [3.8, 4) is 5.75 Å². The molecular formula is C19H30N2O7S. The number of carboxylic acid groups (broad SMARTS) is 1. The third kappa shape index (κ3) is 6.90. The van der Waals surface area contributed by atoms with Crippen LogP contribution in [0.25, 0.3) is 0 Å². The normalized spacial score (nSPS) is 12.0. The number of hydrogen-bond acceptors (Lipinski definition) is 6. The summed E-state index contributed by atoms with van der Waals surface area (Å²) in [5, 5.41) is 9.06. The van der Waals surface area contributed by atoms with Crippen molar-refractivity contribution < 1.29 is 32.6 Å². The predicted molar refractivity (Wildman–Crippen MR) is 108 cm³/mol. The van der Waals surface area contributed by atoms with Gasteiger partial charge in [0.25, 0.3) is 0 Å². The van der Waals surface area contributed by atoms with Gasteiger partial charge in [0.1, 0.15) is 17.9 Å². The number of carbonyl (C=O) groups is 2. The summed E-state index contributed by atoms with van der Waals surface area (Å²) in [6.07, 6.45) is -0.817. The average Bonchev–Trinajstić information content (AvgIpc) is 2.55. The van der Waals surface area contributed by atoms with E-state index in [0.717, 1.165) is 9.21 Å². The van der Waals surface area contributed by atoms with Gasteiger partial charge in [0, 0.05) is 20.1 Å². The Bertz CT molecular complexity index is 837. The lowest BCUT2D eigenvalue weighted by Crippen LogP contribution is -2.44. The van der Waals surface area contributed by atoms with E-state index in [-0.39, 0.29) is 18.0 Å². The van der Waals surface area contributed by atoms with Crippen LogP contribution in [-0.4, -0.2) is 74.2 Å². The van der Waals surface area contributed by atoms with Crippen LogP contribution < -0.4 is 4.74 Å². The Morgan fingerprint density at radius 2 is 1.62 bits per heavy atom. The van der Waals surface area contributed by atoms with Crippen molar-refractivity contribution in [2.45, 2.75) is 45.1 Å². The summed E-state index contributed by atoms with van der Waals surface area (Å²) in [6.45, 7) is 7.51. The maximum absolute atomic E-state index is 13.0. The molecule has 29 heavy (non-hydrogen) atoms. The van der Waals surface area contributed by atoms with Gasteiger partial charge in [-0.2, -0.15) is 4.31 Å². The van der Waals surface area contributed by atoms with Gasteiger partial charge in [0.15, 0.2) is 0 Å². The molecule has 1 amide bonds. The van der Waals surface area contributed by atoms with Crippen LogP contribution in [-0.2, 0) is 19.6 Å². The number of aliphatic carboxylic acids is 1. The number of rotatable bonds is 8. The molecule has 0 aromatic heterocycles. The number of carbonyl (C=O) groups excluding carboxylic acids is 1. The predicted octanol–water partition coefficient (Wildman–Crippen LogP) is 2.25. The SMILES string of the molecule is COc1cc(C)c(S(=O)(=O)N(C)CCN(CC(=O)O)C(=O)OC(C)(C)C)c(C)c1. The fourth-order valence-electron chi connectivity index (χ4n) is 2.70. The fraction of sp³-hybridized carbons (Fsp3) is 0.579. The lowest BCUT2D eigenvalue weighted by molar-refractivity contribution is -0.138. The van der Waals surface area contributed by atoms with E-state index in [1.54, 1.807) is 46.8 Å². The van der Waals surface area contributed by atoms with Crippen molar-refractivity contribution in [2.24, 2.45) is 0 Å². The van der Waals surface area contributed by atoms with Crippen molar-refractivity contribution in [3.05, 3.63) is 23.3 Å². The van der Waals surface area contributed by atoms with Gasteiger partial charge in [-0.15, -0.1) is 0 Å². The van der Waals surface area contributed by atoms with Gasteiger partial charge in [-0.3, -0.25) is 9.69 Å². The van der Waals surface area contributed by atoms with Gasteiger partial charge in [0.05, 0.1) is 12.0 Å². The molecule has 0 aliphatic rings. The molecule has 0 saturated heterocycles. The molecule has 164 valence electrons. The molecular weight excluding hydrogens is 400 g/mol. The molecule has 0 heterocycles. The quantitative estimate of drug-likeness (QED) is 0.673. The molecule has 0 bridgehead atoms. The first-order chi connectivity index (χ1) is 13.2. The Kier molecular flexibility index (Phi) is 8.05. The molecule has 0 unspecified atom stereocenters. The number of sulfonamides is 1. The summed E-state index contributed by atoms with van der Waals surface area (Å²) in [5.74, 6) is -0.664. The van der Waals surface area contributed by atoms with Crippen molar-refractivity contribution >= 4 is 22.1 Å². The number of amides is 1. The molecule has 1 aromatic rings. The third-order valence-corrected chi connectivity index (χ3v) is 6.16. The Morgan fingerprint density at radius 1 is 1.10 bits per heavy atom. The van der Waals surface area contributed by atoms with E-state index < -0.39 is 34.2 Å². The molecule has 10 heteroatoms. The first-order valence-corrected chi connectivity index (χ1v) is 10.4. The lowest BCUT2D eigenvalue weighted by atomic mass is 10.1. The van der Waals surface area contributed by atoms with Crippen LogP contribution in [0, 0.1) is 13.8 Å². The van der Waals surface area contributed by atoms with Crippen LogP contribution in [0.4, 0.5) is 4.79 Å². The summed E-state index contributed by atoms with van der Waals surface area (Å²) in [4.78, 5) is 24.5. The Labute approximate surface area is 172 Å². The number of benzene rings is 1. The highest BCUT2D eigenvalue weighted by molar-refractivity contribution is 7.89. The lowest BCUT2D eigenvalue weighted by Gasteiger charge is -2.28. The summed E-state index contributed by atoms with van der Waals surface area (Å²) >= 11 is 0. The number of hydrogen-bond donors (Lipinski definition) is 1. The monoisotopic (exact) mass is 430 g/mol. The Morgan fingerprint density at radius 3 is 2.03 bits per heavy atom. The van der Waals surface area contributed by atoms with Gasteiger partial charge in [-0.1, -0.05) is 0 Å². The largest absolute Gasteiger partial charge is 0.497 e. The number of ether oxygens (including phenoxy) is 2. The smallest absolute Gasteiger partial charge is 0.410 e. The topological polar surface area (TPSA) is 113 Å². The van der Waals surface area contributed by atoms with Crippen LogP contribution in [0.3, 0.4) is 0 Å². The van der Waals surface area contributed by atoms with E-state index in [1.807, 2.05) is 0 Å². The number of methoxy groups -OCH3 is 1. The van der Waals surface area contributed by atoms with Crippen LogP contribution in [0.2, 0.25) is 0 Å². The first-order valence-electron chi connectivity index (χ1n) is 9.00. The number of aryl methyl sites for hydroxylation is 2. The van der Waals surface area contributed by atoms with E-state index in [0.29, 0.717) is 16.9 Å². The molecule has 1 aromatic carbocycles. The van der Waals surface area contributed by atoms with Crippen LogP contribution >= 0.6 is 0 Å². The maximum Gasteiger partial charge on any atom is 0.410 e. The number of carboxylic acids is 1. The highest BCUT2D eigenvalue weighted by Crippen LogP contribution is 2.27. The second-order valence-corrected chi connectivity index (χ2v) is 9.69. The minimum Gasteiger partial charge on any atom is -0.497 e. The zero-order chi connectivity index (χ0) is 22.6. The van der Waals surface area contributed by atoms with E-state index in [4.69, 9.17) is 14.6 Å². The molecule has 1 rings (SSSR count). The van der Waals surface area contributed by atoms with Gasteiger partial charge < -0.3 is 14.6 Å². The van der Waals surface area contributed by atoms with Gasteiger partial charge in [-0.25, -0.2) is 13.2 Å². The first kappa shape index (κ1) is 24.7. The fourth-order valence-corrected chi connectivity index (χ4v) is 4.26. The number of likely N-dealkylation sites (N-methyl/N-ethyl adjacent to an activating group) is 1. The second kappa shape index (κ2) is 9.45. The van der Waals surface area contributed by atoms with Gasteiger partial charge in [0.2, 0.25) is 10.0 Å². The number of nitrogens with zero attached hydrogens (tertiary/aromatic N) is 2. The van der Waals surface area contributed by atoms with Crippen LogP contribution in [0.5, 0.6) is 5.75 Å². The molecule has 0 radical (unpaired) electrons. The third-order valence-electron chi connectivity index (χ3n) is 4.00. The van der Waals surface area contributed by atoms with Crippen LogP contribution in [0.1, 0.15) is 31.9 Å². The minimum absolute atomic E-state index is 0.0975. The molecule has 0 spiro atoms. The Hall–Kier alpha value is -2.33. The summed E-state index contributed by atoms with van der Waals surface area (Å²) in [5.41, 5.74) is 0.259. The molecule has 1 N–H and O–H groups in total. The zero-order valence-electron chi connectivity index (χ0n) is 18.0. The van der Waals surface area contributed by atoms with Gasteiger partial charge >= 0.3 is 12.1 Å². The molecule has 0 atom stereocenters. The van der Waals surface area contributed by atoms with Crippen molar-refractivity contribution in [2.75, 3.05) is 33.8 Å². The summed E-state index contributed by atoms with van der Waals surface area (Å²) in [7, 11) is -0.975. The van der Waals surface area contributed by atoms with Crippen molar-refractivity contribution in [3.63, 3.8) is 0 Å². The maximum atomic E-state index is 13.0. The molecule has 0 fully saturated rings. The van der Waals surface area contributed by atoms with Crippen molar-refractivity contribution in [1.82, 2.24) is 9.21 Å². The second-order valence-electron chi connectivity index (χ2n) is 7.71. The van der Waals surface area contributed by atoms with E-state index in [2.05, 4.69) is 0 Å². The molecule has 0 aliphatic carbocycles. The van der Waals surface area contributed by atoms with Crippen LogP contribution in [0.15, 0.2) is 17.0 Å². The van der Waals surface area contributed by atoms with Crippen molar-refractivity contribution in [1.29, 1.82) is 0 Å². The molecule has 9 nitrogen and oxygen atoms in total. The standard InChI is InChI=1S/C19H30N2O7S/c1-13-10-15(27-7)11-14(2)17(13)29(25,26)20(6)8-9-21(12-16(22)23)18(24)28-19(3,4)5/h10-11H,8-9,12H2,1-7H3,(H,22,23). The highest BCUT2D eigenvalue weighted by atomic mass is 32.2. The average molecular weight is 431 g/mol. The van der Waals surface area contributed by atoms with E-state index >= 15 is 0 Å². The summed E-state index contributed by atoms with van der Waals surface area (Å²) in [6, 6.07) is 3.26. The highest BCUT2D eigenvalue weighted by Gasteiger charge is 2.28.